The summed E-state index contributed by atoms with van der Waals surface area (Å²) in [6.45, 7) is 14.2. The van der Waals surface area contributed by atoms with Crippen molar-refractivity contribution in [1.29, 1.82) is 0 Å². The minimum atomic E-state index is -1.69. The average molecular weight is 769 g/mol. The van der Waals surface area contributed by atoms with Crippen LogP contribution in [0.1, 0.15) is 189 Å². The van der Waals surface area contributed by atoms with Gasteiger partial charge in [0, 0.05) is 11.8 Å². The zero-order chi connectivity index (χ0) is 40.6. The molecule has 3 N–H and O–H groups in total. The third kappa shape index (κ3) is 18.0. The molecule has 1 aliphatic heterocycles. The van der Waals surface area contributed by atoms with Crippen LogP contribution in [0.3, 0.4) is 0 Å². The Morgan fingerprint density at radius 2 is 1.40 bits per heavy atom. The molecule has 2 amide bonds. The van der Waals surface area contributed by atoms with Gasteiger partial charge in [-0.15, -0.1) is 0 Å². The molecule has 314 valence electrons. The molecule has 4 atom stereocenters. The van der Waals surface area contributed by atoms with Gasteiger partial charge in [-0.1, -0.05) is 154 Å². The molecule has 4 unspecified atom stereocenters. The topological polar surface area (TPSA) is 114 Å². The third-order valence-electron chi connectivity index (χ3n) is 11.4. The third-order valence-corrected chi connectivity index (χ3v) is 11.4. The number of hydrogen-bond acceptors (Lipinski definition) is 5. The zero-order valence-electron chi connectivity index (χ0n) is 36.0. The predicted octanol–water partition coefficient (Wildman–Crippen LogP) is 11.3. The van der Waals surface area contributed by atoms with Crippen molar-refractivity contribution in [1.82, 2.24) is 10.6 Å². The summed E-state index contributed by atoms with van der Waals surface area (Å²) >= 11 is 0. The van der Waals surface area contributed by atoms with Gasteiger partial charge in [0.05, 0.1) is 12.6 Å². The van der Waals surface area contributed by atoms with Crippen LogP contribution in [0, 0.1) is 11.3 Å². The fraction of sp³-hybridized carbons (Fsp3) is 0.766. The van der Waals surface area contributed by atoms with E-state index >= 15 is 0 Å². The molecule has 8 heteroatoms. The SMILES string of the molecule is CCCCCCCCC=CCCCCCCCC(=O)NC(CCCc1ccccc1)(C(=O)O)C(NC(=O)C1OC(C)(C)OCC1(C)C)C(CC)CCCCC. The molecule has 1 aromatic rings. The summed E-state index contributed by atoms with van der Waals surface area (Å²) in [5.74, 6) is -2.87. The molecule has 1 aromatic carbocycles. The van der Waals surface area contributed by atoms with Crippen LogP contribution in [-0.2, 0) is 30.3 Å². The summed E-state index contributed by atoms with van der Waals surface area (Å²) in [4.78, 5) is 42.0. The van der Waals surface area contributed by atoms with Crippen molar-refractivity contribution in [2.24, 2.45) is 11.3 Å². The molecule has 1 fully saturated rings. The van der Waals surface area contributed by atoms with Crippen LogP contribution in [0.5, 0.6) is 0 Å². The number of hydrogen-bond donors (Lipinski definition) is 3. The fourth-order valence-corrected chi connectivity index (χ4v) is 7.93. The van der Waals surface area contributed by atoms with Crippen molar-refractivity contribution >= 4 is 17.8 Å². The summed E-state index contributed by atoms with van der Waals surface area (Å²) < 4.78 is 12.1. The van der Waals surface area contributed by atoms with E-state index in [-0.39, 0.29) is 30.6 Å². The summed E-state index contributed by atoms with van der Waals surface area (Å²) in [5, 5.41) is 17.6. The smallest absolute Gasteiger partial charge is 0.331 e. The number of carbonyl (C=O) groups is 3. The van der Waals surface area contributed by atoms with E-state index in [1.165, 1.54) is 44.9 Å². The zero-order valence-corrected chi connectivity index (χ0v) is 36.0. The second-order valence-corrected chi connectivity index (χ2v) is 17.3. The second kappa shape index (κ2) is 26.3. The highest BCUT2D eigenvalue weighted by Crippen LogP contribution is 2.37. The Labute approximate surface area is 335 Å². The van der Waals surface area contributed by atoms with Gasteiger partial charge in [-0.25, -0.2) is 4.79 Å². The van der Waals surface area contributed by atoms with E-state index in [4.69, 9.17) is 9.47 Å². The van der Waals surface area contributed by atoms with Crippen molar-refractivity contribution in [3.8, 4) is 0 Å². The maximum absolute atomic E-state index is 14.3. The normalized spacial score (nSPS) is 18.7. The van der Waals surface area contributed by atoms with Crippen LogP contribution in [0.25, 0.3) is 0 Å². The van der Waals surface area contributed by atoms with Crippen LogP contribution in [0.15, 0.2) is 42.5 Å². The Balaban J connectivity index is 2.19. The Morgan fingerprint density at radius 1 is 0.818 bits per heavy atom. The van der Waals surface area contributed by atoms with Gasteiger partial charge in [-0.05, 0) is 83.1 Å². The minimum absolute atomic E-state index is 0.167. The van der Waals surface area contributed by atoms with Gasteiger partial charge in [0.2, 0.25) is 11.8 Å². The first-order valence-electron chi connectivity index (χ1n) is 22.2. The quantitative estimate of drug-likeness (QED) is 0.0530. The maximum Gasteiger partial charge on any atom is 0.331 e. The Bertz CT molecular complexity index is 1250. The standard InChI is InChI=1S/C47H80N2O6/c1-8-11-13-14-15-16-17-18-19-20-21-22-23-24-29-35-40(50)49-47(44(52)53,36-30-33-38-31-27-25-28-32-38)41(39(10-3)34-26-12-9-2)48-43(51)42-45(4,5)37-54-46(6,7)55-42/h18-19,25,27-28,31-32,39,41-42H,8-17,20-24,26,29-30,33-37H2,1-7H3,(H,48,51)(H,49,50)(H,52,53). The van der Waals surface area contributed by atoms with Crippen molar-refractivity contribution in [2.45, 2.75) is 213 Å². The molecule has 1 saturated heterocycles. The highest BCUT2D eigenvalue weighted by Gasteiger charge is 2.52. The van der Waals surface area contributed by atoms with Crippen LogP contribution < -0.4 is 10.6 Å². The number of unbranched alkanes of at least 4 members (excludes halogenated alkanes) is 13. The van der Waals surface area contributed by atoms with Crippen molar-refractivity contribution in [3.05, 3.63) is 48.0 Å². The number of carboxylic acids is 1. The van der Waals surface area contributed by atoms with Gasteiger partial charge in [0.1, 0.15) is 6.10 Å². The largest absolute Gasteiger partial charge is 0.479 e. The molecule has 0 bridgehead atoms. The van der Waals surface area contributed by atoms with Crippen molar-refractivity contribution < 1.29 is 29.0 Å². The number of benzene rings is 1. The van der Waals surface area contributed by atoms with E-state index in [9.17, 15) is 19.5 Å². The van der Waals surface area contributed by atoms with Gasteiger partial charge in [-0.3, -0.25) is 9.59 Å². The van der Waals surface area contributed by atoms with E-state index in [0.717, 1.165) is 63.4 Å². The number of allylic oxidation sites excluding steroid dienone is 2. The van der Waals surface area contributed by atoms with Gasteiger partial charge in [0.25, 0.3) is 0 Å². The summed E-state index contributed by atoms with van der Waals surface area (Å²) in [7, 11) is 0. The molecule has 2 rings (SSSR count). The maximum atomic E-state index is 14.3. The number of nitrogens with one attached hydrogen (secondary N) is 2. The fourth-order valence-electron chi connectivity index (χ4n) is 7.93. The first-order valence-corrected chi connectivity index (χ1v) is 22.2. The van der Waals surface area contributed by atoms with E-state index in [0.29, 0.717) is 32.3 Å². The van der Waals surface area contributed by atoms with Crippen LogP contribution in [-0.4, -0.2) is 53.0 Å². The summed E-state index contributed by atoms with van der Waals surface area (Å²) in [6.07, 6.45) is 25.0. The molecule has 1 aliphatic rings. The lowest BCUT2D eigenvalue weighted by Gasteiger charge is -2.47. The molecule has 0 saturated carbocycles. The Kier molecular flexibility index (Phi) is 23.1. The Hall–Kier alpha value is -2.71. The van der Waals surface area contributed by atoms with E-state index < -0.39 is 34.9 Å². The van der Waals surface area contributed by atoms with Gasteiger partial charge in [0.15, 0.2) is 11.3 Å². The van der Waals surface area contributed by atoms with Crippen LogP contribution in [0.4, 0.5) is 0 Å². The number of rotatable bonds is 30. The first kappa shape index (κ1) is 48.4. The van der Waals surface area contributed by atoms with Crippen LogP contribution >= 0.6 is 0 Å². The van der Waals surface area contributed by atoms with Gasteiger partial charge in [-0.2, -0.15) is 0 Å². The summed E-state index contributed by atoms with van der Waals surface area (Å²) in [6, 6.07) is 9.18. The molecule has 0 aromatic heterocycles. The number of ether oxygens (including phenoxy) is 2. The predicted molar refractivity (Wildman–Crippen MR) is 226 cm³/mol. The highest BCUT2D eigenvalue weighted by molar-refractivity contribution is 5.89. The number of carbonyl (C=O) groups excluding carboxylic acids is 2. The second-order valence-electron chi connectivity index (χ2n) is 17.3. The van der Waals surface area contributed by atoms with E-state index in [2.05, 4.69) is 43.6 Å². The van der Waals surface area contributed by atoms with Crippen molar-refractivity contribution in [3.63, 3.8) is 0 Å². The number of amides is 2. The van der Waals surface area contributed by atoms with Gasteiger partial charge >= 0.3 is 5.97 Å². The molecular formula is C47H80N2O6. The molecule has 0 aliphatic carbocycles. The monoisotopic (exact) mass is 769 g/mol. The molecule has 55 heavy (non-hydrogen) atoms. The molecule has 0 spiro atoms. The van der Waals surface area contributed by atoms with Crippen molar-refractivity contribution in [2.75, 3.05) is 6.61 Å². The average Bonchev–Trinajstić information content (AvgIpc) is 3.15. The number of carboxylic acid groups (broad SMARTS) is 1. The van der Waals surface area contributed by atoms with Gasteiger partial charge < -0.3 is 25.2 Å². The molecule has 8 nitrogen and oxygen atoms in total. The number of aryl methyl sites for hydroxylation is 1. The lowest BCUT2D eigenvalue weighted by Crippen LogP contribution is -2.70. The first-order chi connectivity index (χ1) is 26.3. The highest BCUT2D eigenvalue weighted by atomic mass is 16.7. The van der Waals surface area contributed by atoms with E-state index in [1.807, 2.05) is 44.2 Å². The molecular weight excluding hydrogens is 689 g/mol. The van der Waals surface area contributed by atoms with Crippen LogP contribution in [0.2, 0.25) is 0 Å². The lowest BCUT2D eigenvalue weighted by molar-refractivity contribution is -0.304. The molecule has 0 radical (unpaired) electrons. The molecule has 1 heterocycles. The minimum Gasteiger partial charge on any atom is -0.479 e. The Morgan fingerprint density at radius 3 is 2.00 bits per heavy atom. The lowest BCUT2D eigenvalue weighted by atomic mass is 9.74. The number of aliphatic carboxylic acids is 1. The summed E-state index contributed by atoms with van der Waals surface area (Å²) in [5.41, 5.74) is -1.22. The van der Waals surface area contributed by atoms with E-state index in [1.54, 1.807) is 13.8 Å².